The summed E-state index contributed by atoms with van der Waals surface area (Å²) in [5, 5.41) is 0. The number of para-hydroxylation sites is 1. The van der Waals surface area contributed by atoms with Gasteiger partial charge in [-0.15, -0.1) is 11.8 Å². The van der Waals surface area contributed by atoms with Crippen LogP contribution in [-0.2, 0) is 0 Å². The lowest BCUT2D eigenvalue weighted by molar-refractivity contribution is 0.602. The molecule has 0 radical (unpaired) electrons. The normalized spacial score (nSPS) is 20.9. The zero-order chi connectivity index (χ0) is 10.7. The second-order valence-electron chi connectivity index (χ2n) is 4.01. The molecule has 2 N–H and O–H groups in total. The van der Waals surface area contributed by atoms with Crippen LogP contribution in [0.5, 0.6) is 0 Å². The molecule has 82 valence electrons. The Labute approximate surface area is 95.8 Å². The van der Waals surface area contributed by atoms with Gasteiger partial charge in [0.15, 0.2) is 0 Å². The molecule has 1 aliphatic rings. The molecule has 0 aromatic heterocycles. The molecule has 1 heterocycles. The zero-order valence-electron chi connectivity index (χ0n) is 9.15. The first kappa shape index (κ1) is 10.8. The van der Waals surface area contributed by atoms with E-state index in [1.807, 2.05) is 11.8 Å². The van der Waals surface area contributed by atoms with E-state index in [4.69, 9.17) is 5.73 Å². The Balaban J connectivity index is 2.16. The van der Waals surface area contributed by atoms with Crippen LogP contribution in [0.1, 0.15) is 6.42 Å². The van der Waals surface area contributed by atoms with E-state index in [2.05, 4.69) is 35.4 Å². The van der Waals surface area contributed by atoms with Crippen molar-refractivity contribution in [1.82, 2.24) is 0 Å². The number of anilines is 1. The van der Waals surface area contributed by atoms with Crippen LogP contribution in [0.2, 0.25) is 0 Å². The number of hydrogen-bond donors (Lipinski definition) is 1. The van der Waals surface area contributed by atoms with E-state index in [1.54, 1.807) is 0 Å². The van der Waals surface area contributed by atoms with Gasteiger partial charge in [0, 0.05) is 18.0 Å². The maximum atomic E-state index is 5.71. The molecule has 0 bridgehead atoms. The second kappa shape index (κ2) is 4.90. The van der Waals surface area contributed by atoms with Crippen LogP contribution in [0, 0.1) is 5.92 Å². The number of hydrogen-bond acceptors (Lipinski definition) is 3. The third kappa shape index (κ3) is 2.29. The fourth-order valence-corrected chi connectivity index (χ4v) is 2.76. The van der Waals surface area contributed by atoms with Crippen molar-refractivity contribution in [1.29, 1.82) is 0 Å². The van der Waals surface area contributed by atoms with Gasteiger partial charge in [0.25, 0.3) is 0 Å². The average molecular weight is 222 g/mol. The minimum Gasteiger partial charge on any atom is -0.370 e. The fourth-order valence-electron chi connectivity index (χ4n) is 2.13. The van der Waals surface area contributed by atoms with Gasteiger partial charge < -0.3 is 10.6 Å². The molecule has 0 aliphatic carbocycles. The summed E-state index contributed by atoms with van der Waals surface area (Å²) in [6.45, 7) is 3.09. The Bertz CT molecular complexity index is 327. The Morgan fingerprint density at radius 1 is 1.47 bits per heavy atom. The van der Waals surface area contributed by atoms with Crippen molar-refractivity contribution in [3.63, 3.8) is 0 Å². The summed E-state index contributed by atoms with van der Waals surface area (Å²) in [6, 6.07) is 8.62. The van der Waals surface area contributed by atoms with Crippen molar-refractivity contribution in [2.24, 2.45) is 11.7 Å². The Morgan fingerprint density at radius 3 is 2.93 bits per heavy atom. The average Bonchev–Trinajstić information content (AvgIpc) is 2.77. The smallest absolute Gasteiger partial charge is 0.0504 e. The molecule has 1 unspecified atom stereocenters. The zero-order valence-corrected chi connectivity index (χ0v) is 9.96. The molecule has 1 aromatic carbocycles. The van der Waals surface area contributed by atoms with E-state index in [0.717, 1.165) is 19.6 Å². The highest BCUT2D eigenvalue weighted by Crippen LogP contribution is 2.31. The van der Waals surface area contributed by atoms with Gasteiger partial charge in [0.05, 0.1) is 5.69 Å². The first-order valence-electron chi connectivity index (χ1n) is 5.43. The topological polar surface area (TPSA) is 29.3 Å². The van der Waals surface area contributed by atoms with Crippen LogP contribution in [-0.4, -0.2) is 25.9 Å². The highest BCUT2D eigenvalue weighted by molar-refractivity contribution is 7.98. The number of thioether (sulfide) groups is 1. The Morgan fingerprint density at radius 2 is 2.27 bits per heavy atom. The first-order valence-corrected chi connectivity index (χ1v) is 6.65. The quantitative estimate of drug-likeness (QED) is 0.795. The van der Waals surface area contributed by atoms with E-state index in [-0.39, 0.29) is 0 Å². The number of nitrogens with two attached hydrogens (primary N) is 1. The minimum absolute atomic E-state index is 0.680. The van der Waals surface area contributed by atoms with Crippen LogP contribution in [0.25, 0.3) is 0 Å². The van der Waals surface area contributed by atoms with Gasteiger partial charge in [-0.05, 0) is 37.3 Å². The standard InChI is InChI=1S/C12H18N2S/c1-15-12-5-3-2-4-11(12)14-7-6-10(8-13)9-14/h2-5,10H,6-9,13H2,1H3. The van der Waals surface area contributed by atoms with Crippen molar-refractivity contribution in [3.05, 3.63) is 24.3 Å². The molecule has 0 saturated carbocycles. The highest BCUT2D eigenvalue weighted by atomic mass is 32.2. The van der Waals surface area contributed by atoms with Gasteiger partial charge >= 0.3 is 0 Å². The molecular weight excluding hydrogens is 204 g/mol. The molecule has 0 amide bonds. The van der Waals surface area contributed by atoms with E-state index in [0.29, 0.717) is 5.92 Å². The fraction of sp³-hybridized carbons (Fsp3) is 0.500. The number of benzene rings is 1. The monoisotopic (exact) mass is 222 g/mol. The second-order valence-corrected chi connectivity index (χ2v) is 4.86. The molecule has 1 fully saturated rings. The summed E-state index contributed by atoms with van der Waals surface area (Å²) in [5.74, 6) is 0.680. The van der Waals surface area contributed by atoms with Crippen LogP contribution in [0.4, 0.5) is 5.69 Å². The maximum absolute atomic E-state index is 5.71. The molecule has 2 rings (SSSR count). The molecule has 1 aromatic rings. The van der Waals surface area contributed by atoms with Crippen molar-refractivity contribution in [2.75, 3.05) is 30.8 Å². The van der Waals surface area contributed by atoms with Gasteiger partial charge in [-0.1, -0.05) is 12.1 Å². The van der Waals surface area contributed by atoms with E-state index in [1.165, 1.54) is 17.0 Å². The molecule has 1 atom stereocenters. The molecule has 1 saturated heterocycles. The largest absolute Gasteiger partial charge is 0.370 e. The van der Waals surface area contributed by atoms with E-state index < -0.39 is 0 Å². The highest BCUT2D eigenvalue weighted by Gasteiger charge is 2.22. The SMILES string of the molecule is CSc1ccccc1N1CCC(CN)C1. The Kier molecular flexibility index (Phi) is 3.54. The van der Waals surface area contributed by atoms with Crippen LogP contribution in [0.15, 0.2) is 29.2 Å². The molecule has 1 aliphatic heterocycles. The Hall–Kier alpha value is -0.670. The summed E-state index contributed by atoms with van der Waals surface area (Å²) in [4.78, 5) is 3.83. The predicted octanol–water partition coefficient (Wildman–Crippen LogP) is 2.19. The number of nitrogens with zero attached hydrogens (tertiary/aromatic N) is 1. The predicted molar refractivity (Wildman–Crippen MR) is 67.6 cm³/mol. The van der Waals surface area contributed by atoms with Crippen LogP contribution >= 0.6 is 11.8 Å². The summed E-state index contributed by atoms with van der Waals surface area (Å²) in [5.41, 5.74) is 7.09. The summed E-state index contributed by atoms with van der Waals surface area (Å²) >= 11 is 1.82. The van der Waals surface area contributed by atoms with E-state index >= 15 is 0 Å². The van der Waals surface area contributed by atoms with Gasteiger partial charge in [0.1, 0.15) is 0 Å². The minimum atomic E-state index is 0.680. The molecule has 2 nitrogen and oxygen atoms in total. The van der Waals surface area contributed by atoms with Gasteiger partial charge in [-0.25, -0.2) is 0 Å². The lowest BCUT2D eigenvalue weighted by Gasteiger charge is -2.21. The lowest BCUT2D eigenvalue weighted by Crippen LogP contribution is -2.22. The van der Waals surface area contributed by atoms with Crippen LogP contribution in [0.3, 0.4) is 0 Å². The summed E-state index contributed by atoms with van der Waals surface area (Å²) in [7, 11) is 0. The number of rotatable bonds is 3. The van der Waals surface area contributed by atoms with E-state index in [9.17, 15) is 0 Å². The first-order chi connectivity index (χ1) is 7.35. The summed E-state index contributed by atoms with van der Waals surface area (Å²) < 4.78 is 0. The van der Waals surface area contributed by atoms with Crippen molar-refractivity contribution >= 4 is 17.4 Å². The third-order valence-corrected chi connectivity index (χ3v) is 3.83. The van der Waals surface area contributed by atoms with Crippen molar-refractivity contribution < 1.29 is 0 Å². The van der Waals surface area contributed by atoms with Gasteiger partial charge in [-0.3, -0.25) is 0 Å². The summed E-state index contributed by atoms with van der Waals surface area (Å²) in [6.07, 6.45) is 3.37. The van der Waals surface area contributed by atoms with Crippen molar-refractivity contribution in [2.45, 2.75) is 11.3 Å². The lowest BCUT2D eigenvalue weighted by atomic mass is 10.1. The maximum Gasteiger partial charge on any atom is 0.0504 e. The molecular formula is C12H18N2S. The third-order valence-electron chi connectivity index (χ3n) is 3.05. The van der Waals surface area contributed by atoms with Gasteiger partial charge in [-0.2, -0.15) is 0 Å². The van der Waals surface area contributed by atoms with Gasteiger partial charge in [0.2, 0.25) is 0 Å². The molecule has 3 heteroatoms. The van der Waals surface area contributed by atoms with Crippen molar-refractivity contribution in [3.8, 4) is 0 Å². The molecule has 0 spiro atoms. The van der Waals surface area contributed by atoms with Crippen LogP contribution < -0.4 is 10.6 Å². The molecule has 15 heavy (non-hydrogen) atoms.